The molecule has 1 aliphatic heterocycles. The van der Waals surface area contributed by atoms with Gasteiger partial charge in [-0.05, 0) is 92.8 Å². The molecule has 1 aromatic carbocycles. The van der Waals surface area contributed by atoms with Crippen molar-refractivity contribution >= 4 is 86.1 Å². The maximum atomic E-state index is 12.8. The minimum atomic E-state index is -0.645. The molecule has 1 aromatic heterocycles. The van der Waals surface area contributed by atoms with E-state index in [1.165, 1.54) is 26.4 Å². The molecule has 1 saturated heterocycles. The predicted molar refractivity (Wildman–Crippen MR) is 131 cm³/mol. The molecule has 12 heteroatoms. The van der Waals surface area contributed by atoms with E-state index in [1.807, 2.05) is 0 Å². The molecule has 2 aromatic rings. The van der Waals surface area contributed by atoms with E-state index in [9.17, 15) is 19.2 Å². The SMILES string of the molecule is COC(=O)COc1c(I)cc(/C=C2/SC(=O)N(Cc3ccc(C(=O)OC)o3)C2=O)cc1I. The van der Waals surface area contributed by atoms with Crippen molar-refractivity contribution in [3.8, 4) is 5.75 Å². The molecular formula is C20H15I2NO8S. The number of rotatable bonds is 7. The summed E-state index contributed by atoms with van der Waals surface area (Å²) < 4.78 is 21.5. The molecule has 1 aliphatic rings. The zero-order chi connectivity index (χ0) is 23.4. The van der Waals surface area contributed by atoms with Crippen LogP contribution in [0.5, 0.6) is 5.75 Å². The van der Waals surface area contributed by atoms with Crippen LogP contribution in [0.15, 0.2) is 33.6 Å². The normalized spacial score (nSPS) is 14.8. The van der Waals surface area contributed by atoms with Gasteiger partial charge in [0.2, 0.25) is 5.76 Å². The maximum Gasteiger partial charge on any atom is 0.373 e. The Morgan fingerprint density at radius 2 is 1.81 bits per heavy atom. The van der Waals surface area contributed by atoms with Gasteiger partial charge in [0.05, 0.1) is 32.8 Å². The minimum absolute atomic E-state index is 0.0105. The summed E-state index contributed by atoms with van der Waals surface area (Å²) in [5.41, 5.74) is 0.695. The number of thioether (sulfide) groups is 1. The first-order valence-corrected chi connectivity index (χ1v) is 11.8. The van der Waals surface area contributed by atoms with E-state index in [2.05, 4.69) is 54.7 Å². The lowest BCUT2D eigenvalue weighted by molar-refractivity contribution is -0.143. The van der Waals surface area contributed by atoms with Crippen LogP contribution < -0.4 is 4.74 Å². The molecule has 0 aliphatic carbocycles. The van der Waals surface area contributed by atoms with E-state index in [-0.39, 0.29) is 29.6 Å². The van der Waals surface area contributed by atoms with Crippen molar-refractivity contribution in [3.05, 3.63) is 53.4 Å². The van der Waals surface area contributed by atoms with Crippen LogP contribution in [0.1, 0.15) is 21.9 Å². The number of esters is 2. The van der Waals surface area contributed by atoms with Gasteiger partial charge in [-0.25, -0.2) is 9.59 Å². The minimum Gasteiger partial charge on any atom is -0.480 e. The monoisotopic (exact) mass is 683 g/mol. The summed E-state index contributed by atoms with van der Waals surface area (Å²) in [6, 6.07) is 6.48. The molecule has 9 nitrogen and oxygen atoms in total. The van der Waals surface area contributed by atoms with Gasteiger partial charge >= 0.3 is 11.9 Å². The number of hydrogen-bond donors (Lipinski definition) is 0. The molecule has 168 valence electrons. The number of hydrogen-bond acceptors (Lipinski definition) is 9. The summed E-state index contributed by atoms with van der Waals surface area (Å²) in [6.07, 6.45) is 1.61. The fourth-order valence-corrected chi connectivity index (χ4v) is 5.57. The summed E-state index contributed by atoms with van der Waals surface area (Å²) in [7, 11) is 2.51. The molecule has 2 amide bonds. The number of furan rings is 1. The molecule has 1 fully saturated rings. The van der Waals surface area contributed by atoms with Gasteiger partial charge in [-0.3, -0.25) is 14.5 Å². The number of halogens is 2. The first-order chi connectivity index (χ1) is 15.2. The van der Waals surface area contributed by atoms with E-state index in [4.69, 9.17) is 9.15 Å². The van der Waals surface area contributed by atoms with Gasteiger partial charge in [0, 0.05) is 0 Å². The Morgan fingerprint density at radius 1 is 1.12 bits per heavy atom. The molecular weight excluding hydrogens is 668 g/mol. The molecule has 0 spiro atoms. The first kappa shape index (κ1) is 24.6. The predicted octanol–water partition coefficient (Wildman–Crippen LogP) is 4.06. The number of amides is 2. The average molecular weight is 683 g/mol. The van der Waals surface area contributed by atoms with Crippen LogP contribution in [0, 0.1) is 7.14 Å². The third-order valence-electron chi connectivity index (χ3n) is 4.12. The van der Waals surface area contributed by atoms with Crippen molar-refractivity contribution in [2.45, 2.75) is 6.54 Å². The van der Waals surface area contributed by atoms with Gasteiger partial charge in [-0.2, -0.15) is 0 Å². The van der Waals surface area contributed by atoms with Crippen molar-refractivity contribution in [1.29, 1.82) is 0 Å². The Labute approximate surface area is 214 Å². The highest BCUT2D eigenvalue weighted by Gasteiger charge is 2.36. The molecule has 0 saturated carbocycles. The second-order valence-corrected chi connectivity index (χ2v) is 9.52. The summed E-state index contributed by atoms with van der Waals surface area (Å²) in [5.74, 6) is -0.805. The Balaban J connectivity index is 1.76. The third kappa shape index (κ3) is 5.64. The lowest BCUT2D eigenvalue weighted by atomic mass is 10.2. The molecule has 0 radical (unpaired) electrons. The molecule has 2 heterocycles. The van der Waals surface area contributed by atoms with Gasteiger partial charge < -0.3 is 18.6 Å². The second kappa shape index (κ2) is 10.7. The average Bonchev–Trinajstić information content (AvgIpc) is 3.33. The number of benzene rings is 1. The zero-order valence-electron chi connectivity index (χ0n) is 16.7. The lowest BCUT2D eigenvalue weighted by Gasteiger charge is -2.11. The molecule has 3 rings (SSSR count). The van der Waals surface area contributed by atoms with E-state index in [1.54, 1.807) is 18.2 Å². The zero-order valence-corrected chi connectivity index (χ0v) is 21.8. The molecule has 0 bridgehead atoms. The topological polar surface area (TPSA) is 112 Å². The quantitative estimate of drug-likeness (QED) is 0.243. The third-order valence-corrected chi connectivity index (χ3v) is 6.63. The largest absolute Gasteiger partial charge is 0.480 e. The molecule has 0 N–H and O–H groups in total. The number of nitrogens with zero attached hydrogens (tertiary/aromatic N) is 1. The van der Waals surface area contributed by atoms with E-state index >= 15 is 0 Å². The van der Waals surface area contributed by atoms with Crippen LogP contribution in [0.2, 0.25) is 0 Å². The van der Waals surface area contributed by atoms with Crippen molar-refractivity contribution in [2.75, 3.05) is 20.8 Å². The number of carbonyl (C=O) groups excluding carboxylic acids is 4. The summed E-state index contributed by atoms with van der Waals surface area (Å²) in [4.78, 5) is 49.3. The van der Waals surface area contributed by atoms with Crippen LogP contribution in [0.25, 0.3) is 6.08 Å². The fraction of sp³-hybridized carbons (Fsp3) is 0.200. The Hall–Kier alpha value is -2.07. The number of carbonyl (C=O) groups is 4. The van der Waals surface area contributed by atoms with Gasteiger partial charge in [-0.1, -0.05) is 0 Å². The number of ether oxygens (including phenoxy) is 3. The maximum absolute atomic E-state index is 12.8. The Morgan fingerprint density at radius 3 is 2.44 bits per heavy atom. The Bertz CT molecular complexity index is 1100. The van der Waals surface area contributed by atoms with Crippen molar-refractivity contribution in [3.63, 3.8) is 0 Å². The summed E-state index contributed by atoms with van der Waals surface area (Å²) in [6.45, 7) is -0.320. The van der Waals surface area contributed by atoms with E-state index in [0.717, 1.165) is 23.8 Å². The standard InChI is InChI=1S/C20H15I2NO8S/c1-28-16(24)9-30-17-12(21)5-10(6-13(17)22)7-15-18(25)23(20(27)32-15)8-11-3-4-14(31-11)19(26)29-2/h3-7H,8-9H2,1-2H3/b15-7+. The van der Waals surface area contributed by atoms with Gasteiger partial charge in [0.25, 0.3) is 11.1 Å². The van der Waals surface area contributed by atoms with Crippen LogP contribution in [0.4, 0.5) is 4.79 Å². The molecule has 0 atom stereocenters. The van der Waals surface area contributed by atoms with Crippen LogP contribution >= 0.6 is 56.9 Å². The smallest absolute Gasteiger partial charge is 0.373 e. The Kier molecular flexibility index (Phi) is 8.21. The first-order valence-electron chi connectivity index (χ1n) is 8.84. The highest BCUT2D eigenvalue weighted by Crippen LogP contribution is 2.35. The van der Waals surface area contributed by atoms with Gasteiger partial charge in [-0.15, -0.1) is 0 Å². The van der Waals surface area contributed by atoms with E-state index < -0.39 is 23.1 Å². The van der Waals surface area contributed by atoms with Crippen LogP contribution in [-0.4, -0.2) is 48.8 Å². The summed E-state index contributed by atoms with van der Waals surface area (Å²) in [5, 5.41) is -0.445. The summed E-state index contributed by atoms with van der Waals surface area (Å²) >= 11 is 4.95. The number of imide groups is 1. The van der Waals surface area contributed by atoms with Gasteiger partial charge in [0.1, 0.15) is 11.5 Å². The second-order valence-electron chi connectivity index (χ2n) is 6.20. The molecule has 32 heavy (non-hydrogen) atoms. The fourth-order valence-electron chi connectivity index (χ4n) is 2.61. The number of methoxy groups -OCH3 is 2. The van der Waals surface area contributed by atoms with Crippen LogP contribution in [-0.2, 0) is 25.6 Å². The van der Waals surface area contributed by atoms with E-state index in [0.29, 0.717) is 11.3 Å². The van der Waals surface area contributed by atoms with Crippen LogP contribution in [0.3, 0.4) is 0 Å². The van der Waals surface area contributed by atoms with Crippen molar-refractivity contribution in [1.82, 2.24) is 4.90 Å². The molecule has 0 unspecified atom stereocenters. The van der Waals surface area contributed by atoms with Crippen molar-refractivity contribution in [2.24, 2.45) is 0 Å². The lowest BCUT2D eigenvalue weighted by Crippen LogP contribution is -2.27. The van der Waals surface area contributed by atoms with Gasteiger partial charge in [0.15, 0.2) is 6.61 Å². The van der Waals surface area contributed by atoms with Crippen molar-refractivity contribution < 1.29 is 37.8 Å². The highest BCUT2D eigenvalue weighted by molar-refractivity contribution is 14.1. The highest BCUT2D eigenvalue weighted by atomic mass is 127.